The SMILES string of the molecule is C=C[C@@H]1C[C@@]1(C#N)N(CC)CC. The van der Waals surface area contributed by atoms with Gasteiger partial charge in [0.15, 0.2) is 0 Å². The van der Waals surface area contributed by atoms with E-state index in [0.717, 1.165) is 19.5 Å². The van der Waals surface area contributed by atoms with Crippen molar-refractivity contribution in [1.29, 1.82) is 5.26 Å². The summed E-state index contributed by atoms with van der Waals surface area (Å²) < 4.78 is 0. The first-order valence-electron chi connectivity index (χ1n) is 4.54. The Morgan fingerprint density at radius 3 is 2.50 bits per heavy atom. The molecule has 1 saturated carbocycles. The molecular weight excluding hydrogens is 148 g/mol. The fraction of sp³-hybridized carbons (Fsp3) is 0.700. The van der Waals surface area contributed by atoms with E-state index in [-0.39, 0.29) is 5.54 Å². The molecule has 0 unspecified atom stereocenters. The van der Waals surface area contributed by atoms with Gasteiger partial charge >= 0.3 is 0 Å². The van der Waals surface area contributed by atoms with Gasteiger partial charge in [0.05, 0.1) is 6.07 Å². The van der Waals surface area contributed by atoms with Crippen LogP contribution in [0.2, 0.25) is 0 Å². The van der Waals surface area contributed by atoms with Crippen LogP contribution >= 0.6 is 0 Å². The highest BCUT2D eigenvalue weighted by Crippen LogP contribution is 2.48. The van der Waals surface area contributed by atoms with Crippen LogP contribution in [0.1, 0.15) is 20.3 Å². The maximum absolute atomic E-state index is 9.05. The van der Waals surface area contributed by atoms with Crippen LogP contribution in [-0.4, -0.2) is 23.5 Å². The predicted octanol–water partition coefficient (Wildman–Crippen LogP) is 1.80. The Kier molecular flexibility index (Phi) is 2.54. The van der Waals surface area contributed by atoms with E-state index in [1.807, 2.05) is 6.08 Å². The standard InChI is InChI=1S/C10H16N2/c1-4-9-7-10(9,8-11)12(5-2)6-3/h4,9H,1,5-7H2,2-3H3/t9-,10+/m1/s1. The highest BCUT2D eigenvalue weighted by molar-refractivity contribution is 5.28. The molecule has 1 rings (SSSR count). The van der Waals surface area contributed by atoms with Crippen molar-refractivity contribution in [3.63, 3.8) is 0 Å². The Balaban J connectivity index is 2.71. The molecule has 1 aliphatic carbocycles. The van der Waals surface area contributed by atoms with Gasteiger partial charge in [-0.3, -0.25) is 4.90 Å². The van der Waals surface area contributed by atoms with Crippen molar-refractivity contribution in [3.05, 3.63) is 12.7 Å². The number of nitriles is 1. The average molecular weight is 164 g/mol. The monoisotopic (exact) mass is 164 g/mol. The van der Waals surface area contributed by atoms with E-state index >= 15 is 0 Å². The van der Waals surface area contributed by atoms with Crippen molar-refractivity contribution in [2.24, 2.45) is 5.92 Å². The lowest BCUT2D eigenvalue weighted by atomic mass is 10.2. The largest absolute Gasteiger partial charge is 0.286 e. The van der Waals surface area contributed by atoms with Gasteiger partial charge in [-0.2, -0.15) is 5.26 Å². The zero-order valence-electron chi connectivity index (χ0n) is 7.88. The lowest BCUT2D eigenvalue weighted by Crippen LogP contribution is -2.37. The summed E-state index contributed by atoms with van der Waals surface area (Å²) >= 11 is 0. The van der Waals surface area contributed by atoms with Gasteiger partial charge in [0, 0.05) is 5.92 Å². The van der Waals surface area contributed by atoms with Crippen LogP contribution in [0.3, 0.4) is 0 Å². The molecule has 0 amide bonds. The predicted molar refractivity (Wildman–Crippen MR) is 49.6 cm³/mol. The van der Waals surface area contributed by atoms with Crippen LogP contribution in [0.4, 0.5) is 0 Å². The third-order valence-electron chi connectivity index (χ3n) is 2.79. The number of hydrogen-bond acceptors (Lipinski definition) is 2. The molecule has 1 aliphatic rings. The molecule has 0 saturated heterocycles. The molecule has 2 nitrogen and oxygen atoms in total. The Morgan fingerprint density at radius 1 is 1.67 bits per heavy atom. The first-order valence-corrected chi connectivity index (χ1v) is 4.54. The molecule has 66 valence electrons. The van der Waals surface area contributed by atoms with Gasteiger partial charge in [0.25, 0.3) is 0 Å². The van der Waals surface area contributed by atoms with Crippen molar-refractivity contribution in [1.82, 2.24) is 4.90 Å². The van der Waals surface area contributed by atoms with Gasteiger partial charge in [0.1, 0.15) is 5.54 Å². The van der Waals surface area contributed by atoms with Crippen LogP contribution < -0.4 is 0 Å². The molecule has 1 fully saturated rings. The van der Waals surface area contributed by atoms with Gasteiger partial charge in [-0.1, -0.05) is 19.9 Å². The van der Waals surface area contributed by atoms with Crippen LogP contribution in [0.15, 0.2) is 12.7 Å². The van der Waals surface area contributed by atoms with E-state index in [9.17, 15) is 0 Å². The summed E-state index contributed by atoms with van der Waals surface area (Å²) in [5.41, 5.74) is -0.203. The van der Waals surface area contributed by atoms with Crippen molar-refractivity contribution in [3.8, 4) is 6.07 Å². The summed E-state index contributed by atoms with van der Waals surface area (Å²) in [5.74, 6) is 0.391. The molecule has 0 N–H and O–H groups in total. The van der Waals surface area contributed by atoms with Crippen molar-refractivity contribution >= 4 is 0 Å². The average Bonchev–Trinajstić information content (AvgIpc) is 2.82. The summed E-state index contributed by atoms with van der Waals surface area (Å²) in [4.78, 5) is 2.22. The molecule has 0 radical (unpaired) electrons. The van der Waals surface area contributed by atoms with Gasteiger partial charge in [-0.05, 0) is 19.5 Å². The van der Waals surface area contributed by atoms with E-state index in [1.165, 1.54) is 0 Å². The molecule has 2 heteroatoms. The lowest BCUT2D eigenvalue weighted by Gasteiger charge is -2.24. The Morgan fingerprint density at radius 2 is 2.25 bits per heavy atom. The molecule has 0 aromatic carbocycles. The number of hydrogen-bond donors (Lipinski definition) is 0. The second-order valence-electron chi connectivity index (χ2n) is 3.25. The second kappa shape index (κ2) is 3.28. The fourth-order valence-electron chi connectivity index (χ4n) is 1.91. The molecule has 0 aliphatic heterocycles. The van der Waals surface area contributed by atoms with Crippen molar-refractivity contribution in [2.45, 2.75) is 25.8 Å². The maximum Gasteiger partial charge on any atom is 0.116 e. The highest BCUT2D eigenvalue weighted by atomic mass is 15.2. The smallest absolute Gasteiger partial charge is 0.116 e. The third-order valence-corrected chi connectivity index (χ3v) is 2.79. The summed E-state index contributed by atoms with van der Waals surface area (Å²) in [6.45, 7) is 9.84. The van der Waals surface area contributed by atoms with Crippen LogP contribution in [0, 0.1) is 17.2 Å². The van der Waals surface area contributed by atoms with Crippen LogP contribution in [0.5, 0.6) is 0 Å². The second-order valence-corrected chi connectivity index (χ2v) is 3.25. The van der Waals surface area contributed by atoms with Gasteiger partial charge in [-0.25, -0.2) is 0 Å². The topological polar surface area (TPSA) is 27.0 Å². The Labute approximate surface area is 74.5 Å². The van der Waals surface area contributed by atoms with E-state index in [4.69, 9.17) is 5.26 Å². The maximum atomic E-state index is 9.05. The van der Waals surface area contributed by atoms with Crippen LogP contribution in [0.25, 0.3) is 0 Å². The van der Waals surface area contributed by atoms with Crippen molar-refractivity contribution < 1.29 is 0 Å². The zero-order chi connectivity index (χ0) is 9.19. The quantitative estimate of drug-likeness (QED) is 0.592. The fourth-order valence-corrected chi connectivity index (χ4v) is 1.91. The lowest BCUT2D eigenvalue weighted by molar-refractivity contribution is 0.233. The molecule has 2 atom stereocenters. The highest BCUT2D eigenvalue weighted by Gasteiger charge is 2.56. The normalized spacial score (nSPS) is 33.0. The number of rotatable bonds is 4. The Bertz CT molecular complexity index is 212. The van der Waals surface area contributed by atoms with Gasteiger partial charge in [-0.15, -0.1) is 6.58 Å². The third kappa shape index (κ3) is 1.15. The van der Waals surface area contributed by atoms with Crippen molar-refractivity contribution in [2.75, 3.05) is 13.1 Å². The number of nitrogens with zero attached hydrogens (tertiary/aromatic N) is 2. The summed E-state index contributed by atoms with van der Waals surface area (Å²) in [5, 5.41) is 9.05. The van der Waals surface area contributed by atoms with E-state index in [0.29, 0.717) is 5.92 Å². The molecule has 0 heterocycles. The first kappa shape index (κ1) is 9.28. The van der Waals surface area contributed by atoms with E-state index in [1.54, 1.807) is 0 Å². The zero-order valence-corrected chi connectivity index (χ0v) is 7.88. The van der Waals surface area contributed by atoms with Gasteiger partial charge < -0.3 is 0 Å². The molecule has 12 heavy (non-hydrogen) atoms. The first-order chi connectivity index (χ1) is 5.75. The minimum absolute atomic E-state index is 0.203. The summed E-state index contributed by atoms with van der Waals surface area (Å²) in [7, 11) is 0. The van der Waals surface area contributed by atoms with Crippen LogP contribution in [-0.2, 0) is 0 Å². The minimum atomic E-state index is -0.203. The summed E-state index contributed by atoms with van der Waals surface area (Å²) in [6.07, 6.45) is 2.87. The van der Waals surface area contributed by atoms with E-state index < -0.39 is 0 Å². The summed E-state index contributed by atoms with van der Waals surface area (Å²) in [6, 6.07) is 2.41. The van der Waals surface area contributed by atoms with Gasteiger partial charge in [0.2, 0.25) is 0 Å². The molecule has 0 aromatic rings. The van der Waals surface area contributed by atoms with E-state index in [2.05, 4.69) is 31.4 Å². The molecular formula is C10H16N2. The Hall–Kier alpha value is -0.810. The molecule has 0 aromatic heterocycles. The minimum Gasteiger partial charge on any atom is -0.286 e. The molecule has 0 bridgehead atoms. The molecule has 0 spiro atoms.